The van der Waals surface area contributed by atoms with Gasteiger partial charge in [-0.15, -0.1) is 0 Å². The fraction of sp³-hybridized carbons (Fsp3) is 0.500. The van der Waals surface area contributed by atoms with E-state index in [-0.39, 0.29) is 17.3 Å². The van der Waals surface area contributed by atoms with Crippen molar-refractivity contribution in [1.82, 2.24) is 10.0 Å². The van der Waals surface area contributed by atoms with Gasteiger partial charge in [0, 0.05) is 17.5 Å². The summed E-state index contributed by atoms with van der Waals surface area (Å²) < 4.78 is 38.4. The molecule has 1 fully saturated rings. The van der Waals surface area contributed by atoms with Gasteiger partial charge in [0.1, 0.15) is 5.58 Å². The zero-order valence-corrected chi connectivity index (χ0v) is 15.8. The van der Waals surface area contributed by atoms with Crippen molar-refractivity contribution in [3.63, 3.8) is 0 Å². The molecular formula is C18H24N2O5S. The second kappa shape index (κ2) is 7.77. The van der Waals surface area contributed by atoms with Gasteiger partial charge in [-0.05, 0) is 63.9 Å². The van der Waals surface area contributed by atoms with Gasteiger partial charge in [0.2, 0.25) is 15.8 Å². The predicted molar refractivity (Wildman–Crippen MR) is 97.7 cm³/mol. The monoisotopic (exact) mass is 380 g/mol. The van der Waals surface area contributed by atoms with Gasteiger partial charge >= 0.3 is 5.97 Å². The van der Waals surface area contributed by atoms with Crippen LogP contribution in [0.25, 0.3) is 11.0 Å². The lowest BCUT2D eigenvalue weighted by atomic mass is 10.0. The highest BCUT2D eigenvalue weighted by molar-refractivity contribution is 7.89. The summed E-state index contributed by atoms with van der Waals surface area (Å²) in [7, 11) is -3.62. The Balaban J connectivity index is 1.83. The molecule has 0 saturated carbocycles. The van der Waals surface area contributed by atoms with Crippen LogP contribution in [0.4, 0.5) is 0 Å². The number of furan rings is 1. The van der Waals surface area contributed by atoms with Crippen LogP contribution in [0.5, 0.6) is 0 Å². The minimum atomic E-state index is -3.62. The van der Waals surface area contributed by atoms with Crippen LogP contribution in [0.2, 0.25) is 0 Å². The first-order valence-corrected chi connectivity index (χ1v) is 10.3. The zero-order chi connectivity index (χ0) is 18.7. The third-order valence-corrected chi connectivity index (χ3v) is 6.06. The van der Waals surface area contributed by atoms with Gasteiger partial charge in [-0.3, -0.25) is 0 Å². The van der Waals surface area contributed by atoms with Gasteiger partial charge in [0.15, 0.2) is 0 Å². The van der Waals surface area contributed by atoms with E-state index < -0.39 is 16.0 Å². The number of esters is 1. The summed E-state index contributed by atoms with van der Waals surface area (Å²) in [6, 6.07) is 4.60. The number of fused-ring (bicyclic) bond motifs is 1. The lowest BCUT2D eigenvalue weighted by Gasteiger charge is -2.22. The molecule has 0 aliphatic carbocycles. The fourth-order valence-electron chi connectivity index (χ4n) is 3.17. The summed E-state index contributed by atoms with van der Waals surface area (Å²) in [5.74, 6) is -0.139. The van der Waals surface area contributed by atoms with Crippen molar-refractivity contribution in [1.29, 1.82) is 0 Å². The fourth-order valence-corrected chi connectivity index (χ4v) is 4.31. The van der Waals surface area contributed by atoms with Crippen LogP contribution in [0.1, 0.15) is 35.9 Å². The van der Waals surface area contributed by atoms with Gasteiger partial charge in [0.05, 0.1) is 11.5 Å². The van der Waals surface area contributed by atoms with Crippen molar-refractivity contribution in [3.05, 3.63) is 29.5 Å². The van der Waals surface area contributed by atoms with Crippen LogP contribution in [0.15, 0.2) is 27.5 Å². The molecule has 1 saturated heterocycles. The molecule has 1 aliphatic rings. The van der Waals surface area contributed by atoms with E-state index in [9.17, 15) is 13.2 Å². The molecule has 0 amide bonds. The van der Waals surface area contributed by atoms with E-state index >= 15 is 0 Å². The second-order valence-corrected chi connectivity index (χ2v) is 8.27. The first-order valence-electron chi connectivity index (χ1n) is 8.83. The number of carbonyl (C=O) groups excluding carboxylic acids is 1. The molecule has 8 heteroatoms. The number of rotatable bonds is 6. The van der Waals surface area contributed by atoms with E-state index in [0.717, 1.165) is 25.9 Å². The van der Waals surface area contributed by atoms with Crippen LogP contribution < -0.4 is 10.0 Å². The molecule has 2 N–H and O–H groups in total. The van der Waals surface area contributed by atoms with Crippen LogP contribution >= 0.6 is 0 Å². The first-order chi connectivity index (χ1) is 12.4. The van der Waals surface area contributed by atoms with Gasteiger partial charge in [0.25, 0.3) is 0 Å². The topological polar surface area (TPSA) is 97.6 Å². The molecule has 0 radical (unpaired) electrons. The Labute approximate surface area is 153 Å². The Kier molecular flexibility index (Phi) is 5.64. The summed E-state index contributed by atoms with van der Waals surface area (Å²) >= 11 is 0. The highest BCUT2D eigenvalue weighted by Crippen LogP contribution is 2.28. The second-order valence-electron chi connectivity index (χ2n) is 6.50. The summed E-state index contributed by atoms with van der Waals surface area (Å²) in [4.78, 5) is 12.1. The van der Waals surface area contributed by atoms with E-state index in [1.807, 2.05) is 0 Å². The Morgan fingerprint density at radius 1 is 1.42 bits per heavy atom. The molecule has 2 heterocycles. The van der Waals surface area contributed by atoms with Crippen molar-refractivity contribution in [2.45, 2.75) is 31.6 Å². The molecule has 0 bridgehead atoms. The molecule has 1 aromatic carbocycles. The summed E-state index contributed by atoms with van der Waals surface area (Å²) in [5.41, 5.74) is 1.04. The van der Waals surface area contributed by atoms with E-state index in [0.29, 0.717) is 29.0 Å². The van der Waals surface area contributed by atoms with Crippen molar-refractivity contribution < 1.29 is 22.4 Å². The van der Waals surface area contributed by atoms with Crippen LogP contribution in [-0.4, -0.2) is 40.6 Å². The largest absolute Gasteiger partial charge is 0.460 e. The maximum Gasteiger partial charge on any atom is 0.374 e. The smallest absolute Gasteiger partial charge is 0.374 e. The van der Waals surface area contributed by atoms with Crippen LogP contribution in [0.3, 0.4) is 0 Å². The molecular weight excluding hydrogens is 356 g/mol. The summed E-state index contributed by atoms with van der Waals surface area (Å²) in [5, 5.41) is 3.87. The number of piperidine rings is 1. The number of sulfonamides is 1. The lowest BCUT2D eigenvalue weighted by Crippen LogP contribution is -2.38. The SMILES string of the molecule is CCOC(=O)c1oc2ccc(S(=O)(=O)NCC3CCCNC3)cc2c1C. The molecule has 1 aromatic heterocycles. The van der Waals surface area contributed by atoms with Crippen molar-refractivity contribution in [3.8, 4) is 0 Å². The third kappa shape index (κ3) is 3.92. The molecule has 26 heavy (non-hydrogen) atoms. The normalized spacial score (nSPS) is 18.2. The molecule has 2 aromatic rings. The zero-order valence-electron chi connectivity index (χ0n) is 15.0. The van der Waals surface area contributed by atoms with Gasteiger partial charge in [-0.2, -0.15) is 0 Å². The number of aryl methyl sites for hydroxylation is 1. The predicted octanol–water partition coefficient (Wildman–Crippen LogP) is 2.20. The van der Waals surface area contributed by atoms with Crippen molar-refractivity contribution in [2.24, 2.45) is 5.92 Å². The van der Waals surface area contributed by atoms with E-state index in [2.05, 4.69) is 10.0 Å². The molecule has 0 spiro atoms. The number of ether oxygens (including phenoxy) is 1. The standard InChI is InChI=1S/C18H24N2O5S/c1-3-24-18(21)17-12(2)15-9-14(6-7-16(15)25-17)26(22,23)20-11-13-5-4-8-19-10-13/h6-7,9,13,19-20H,3-5,8,10-11H2,1-2H3. The van der Waals surface area contributed by atoms with Crippen LogP contribution in [0, 0.1) is 12.8 Å². The number of nitrogens with one attached hydrogen (secondary N) is 2. The van der Waals surface area contributed by atoms with Gasteiger partial charge < -0.3 is 14.5 Å². The Morgan fingerprint density at radius 2 is 2.23 bits per heavy atom. The minimum Gasteiger partial charge on any atom is -0.460 e. The summed E-state index contributed by atoms with van der Waals surface area (Å²) in [6.07, 6.45) is 2.07. The summed E-state index contributed by atoms with van der Waals surface area (Å²) in [6.45, 7) is 5.90. The molecule has 1 unspecified atom stereocenters. The highest BCUT2D eigenvalue weighted by atomic mass is 32.2. The number of hydrogen-bond donors (Lipinski definition) is 2. The molecule has 7 nitrogen and oxygen atoms in total. The van der Waals surface area contributed by atoms with E-state index in [1.54, 1.807) is 26.0 Å². The minimum absolute atomic E-state index is 0.109. The maximum atomic E-state index is 12.6. The Hall–Kier alpha value is -1.90. The highest BCUT2D eigenvalue weighted by Gasteiger charge is 2.22. The molecule has 142 valence electrons. The number of benzene rings is 1. The average Bonchev–Trinajstić information content (AvgIpc) is 2.98. The maximum absolute atomic E-state index is 12.6. The molecule has 1 aliphatic heterocycles. The quantitative estimate of drug-likeness (QED) is 0.746. The van der Waals surface area contributed by atoms with E-state index in [1.165, 1.54) is 6.07 Å². The Bertz CT molecular complexity index is 898. The van der Waals surface area contributed by atoms with Crippen LogP contribution in [-0.2, 0) is 14.8 Å². The third-order valence-electron chi connectivity index (χ3n) is 4.64. The molecule has 3 rings (SSSR count). The number of carbonyl (C=O) groups is 1. The first kappa shape index (κ1) is 18.9. The van der Waals surface area contributed by atoms with Gasteiger partial charge in [-0.1, -0.05) is 0 Å². The van der Waals surface area contributed by atoms with Gasteiger partial charge in [-0.25, -0.2) is 17.9 Å². The van der Waals surface area contributed by atoms with E-state index in [4.69, 9.17) is 9.15 Å². The Morgan fingerprint density at radius 3 is 2.92 bits per heavy atom. The van der Waals surface area contributed by atoms with Crippen molar-refractivity contribution >= 4 is 27.0 Å². The number of hydrogen-bond acceptors (Lipinski definition) is 6. The van der Waals surface area contributed by atoms with Crippen molar-refractivity contribution in [2.75, 3.05) is 26.2 Å². The average molecular weight is 380 g/mol. The molecule has 1 atom stereocenters. The lowest BCUT2D eigenvalue weighted by molar-refractivity contribution is 0.0491.